The Morgan fingerprint density at radius 2 is 1.91 bits per heavy atom. The lowest BCUT2D eigenvalue weighted by Gasteiger charge is -2.42. The molecular formula is C35H49N3O7. The Labute approximate surface area is 266 Å². The summed E-state index contributed by atoms with van der Waals surface area (Å²) in [5, 5.41) is 12.4. The highest BCUT2D eigenvalue weighted by Crippen LogP contribution is 2.58. The van der Waals surface area contributed by atoms with E-state index in [0.717, 1.165) is 5.56 Å². The molecule has 3 heterocycles. The molecule has 3 aliphatic heterocycles. The normalized spacial score (nSPS) is 25.9. The molecule has 3 saturated heterocycles. The maximum Gasteiger partial charge on any atom is 0.306 e. The number of amides is 3. The van der Waals surface area contributed by atoms with Crippen LogP contribution < -0.4 is 5.32 Å². The zero-order valence-electron chi connectivity index (χ0n) is 26.9. The van der Waals surface area contributed by atoms with Crippen molar-refractivity contribution in [3.63, 3.8) is 0 Å². The van der Waals surface area contributed by atoms with Crippen molar-refractivity contribution in [2.45, 2.75) is 95.0 Å². The van der Waals surface area contributed by atoms with E-state index in [9.17, 15) is 24.3 Å². The minimum absolute atomic E-state index is 0.0548. The number of likely N-dealkylation sites (tertiary alicyclic amines) is 1. The zero-order valence-corrected chi connectivity index (χ0v) is 26.9. The highest BCUT2D eigenvalue weighted by molar-refractivity contribution is 5.99. The van der Waals surface area contributed by atoms with Crippen molar-refractivity contribution in [1.29, 1.82) is 0 Å². The second-order valence-corrected chi connectivity index (χ2v) is 13.3. The van der Waals surface area contributed by atoms with Gasteiger partial charge in [-0.2, -0.15) is 0 Å². The molecule has 0 unspecified atom stereocenters. The molecule has 1 spiro atoms. The van der Waals surface area contributed by atoms with E-state index in [1.54, 1.807) is 22.0 Å². The second kappa shape index (κ2) is 14.7. The summed E-state index contributed by atoms with van der Waals surface area (Å²) in [6.07, 6.45) is 6.45. The number of hydrogen-bond donors (Lipinski definition) is 2. The van der Waals surface area contributed by atoms with Crippen molar-refractivity contribution in [3.05, 3.63) is 61.2 Å². The number of nitrogens with zero attached hydrogens (tertiary/aromatic N) is 2. The summed E-state index contributed by atoms with van der Waals surface area (Å²) in [4.78, 5) is 58.5. The molecule has 6 atom stereocenters. The van der Waals surface area contributed by atoms with Gasteiger partial charge >= 0.3 is 5.97 Å². The third kappa shape index (κ3) is 7.17. The SMILES string of the molecule is C=CCCC(=O)OC[C@@H](NC(=O)[C@@H]1[C@@H]2CC[C@]3(O2)[C@H](C(=O)N(CC=C)C(C)(C)C)N(CCCCCO)C(=O)[C@@H]13)c1ccccc1. The number of benzene rings is 1. The van der Waals surface area contributed by atoms with Crippen LogP contribution in [-0.2, 0) is 28.7 Å². The summed E-state index contributed by atoms with van der Waals surface area (Å²) >= 11 is 0. The number of unbranched alkanes of at least 4 members (excludes halogenated alkanes) is 2. The van der Waals surface area contributed by atoms with Crippen LogP contribution in [0.5, 0.6) is 0 Å². The molecule has 0 saturated carbocycles. The molecule has 1 aromatic rings. The number of aliphatic hydroxyl groups is 1. The quantitative estimate of drug-likeness (QED) is 0.163. The van der Waals surface area contributed by atoms with Crippen molar-refractivity contribution in [2.75, 3.05) is 26.3 Å². The fourth-order valence-corrected chi connectivity index (χ4v) is 7.16. The number of carbonyl (C=O) groups is 4. The Bertz CT molecular complexity index is 1250. The first-order chi connectivity index (χ1) is 21.5. The number of rotatable bonds is 16. The lowest BCUT2D eigenvalue weighted by atomic mass is 9.70. The Morgan fingerprint density at radius 1 is 1.18 bits per heavy atom. The van der Waals surface area contributed by atoms with Crippen molar-refractivity contribution in [1.82, 2.24) is 15.1 Å². The van der Waals surface area contributed by atoms with Gasteiger partial charge in [0.05, 0.1) is 24.0 Å². The Kier molecular flexibility index (Phi) is 11.3. The van der Waals surface area contributed by atoms with Crippen LogP contribution in [0, 0.1) is 11.8 Å². The summed E-state index contributed by atoms with van der Waals surface area (Å²) in [6.45, 7) is 14.0. The lowest BCUT2D eigenvalue weighted by Crippen LogP contribution is -2.60. The Hall–Kier alpha value is -3.50. The molecule has 10 nitrogen and oxygen atoms in total. The van der Waals surface area contributed by atoms with Crippen LogP contribution in [-0.4, -0.2) is 88.2 Å². The number of esters is 1. The van der Waals surface area contributed by atoms with Gasteiger partial charge in [0.2, 0.25) is 17.7 Å². The molecule has 0 aromatic heterocycles. The van der Waals surface area contributed by atoms with Crippen LogP contribution in [0.25, 0.3) is 0 Å². The van der Waals surface area contributed by atoms with Crippen LogP contribution in [0.15, 0.2) is 55.6 Å². The monoisotopic (exact) mass is 623 g/mol. The van der Waals surface area contributed by atoms with E-state index >= 15 is 0 Å². The van der Waals surface area contributed by atoms with Crippen molar-refractivity contribution < 1.29 is 33.8 Å². The average Bonchev–Trinajstić information content (AvgIpc) is 3.66. The molecule has 2 N–H and O–H groups in total. The smallest absolute Gasteiger partial charge is 0.306 e. The molecule has 246 valence electrons. The van der Waals surface area contributed by atoms with Crippen molar-refractivity contribution >= 4 is 23.7 Å². The van der Waals surface area contributed by atoms with Gasteiger partial charge in [0.25, 0.3) is 0 Å². The number of nitrogens with one attached hydrogen (secondary N) is 1. The van der Waals surface area contributed by atoms with Gasteiger partial charge in [0, 0.05) is 31.7 Å². The summed E-state index contributed by atoms with van der Waals surface area (Å²) in [5.41, 5.74) is -0.893. The van der Waals surface area contributed by atoms with Crippen molar-refractivity contribution in [2.24, 2.45) is 11.8 Å². The highest BCUT2D eigenvalue weighted by atomic mass is 16.5. The molecule has 0 radical (unpaired) electrons. The van der Waals surface area contributed by atoms with Crippen LogP contribution in [0.1, 0.15) is 77.3 Å². The van der Waals surface area contributed by atoms with E-state index in [-0.39, 0.29) is 43.3 Å². The molecule has 10 heteroatoms. The van der Waals surface area contributed by atoms with Crippen LogP contribution in [0.4, 0.5) is 0 Å². The summed E-state index contributed by atoms with van der Waals surface area (Å²) in [5.74, 6) is -2.83. The first-order valence-electron chi connectivity index (χ1n) is 16.1. The number of hydrogen-bond acceptors (Lipinski definition) is 7. The van der Waals surface area contributed by atoms with E-state index in [1.165, 1.54) is 0 Å². The third-order valence-electron chi connectivity index (χ3n) is 9.26. The van der Waals surface area contributed by atoms with Crippen LogP contribution in [0.2, 0.25) is 0 Å². The summed E-state index contributed by atoms with van der Waals surface area (Å²) in [7, 11) is 0. The first-order valence-corrected chi connectivity index (χ1v) is 16.1. The van der Waals surface area contributed by atoms with Gasteiger partial charge in [-0.05, 0) is 64.9 Å². The van der Waals surface area contributed by atoms with Gasteiger partial charge in [0.15, 0.2) is 0 Å². The fourth-order valence-electron chi connectivity index (χ4n) is 7.16. The minimum atomic E-state index is -1.12. The number of carbonyl (C=O) groups excluding carboxylic acids is 4. The number of aliphatic hydroxyl groups excluding tert-OH is 1. The number of allylic oxidation sites excluding steroid dienone is 1. The largest absolute Gasteiger partial charge is 0.463 e. The summed E-state index contributed by atoms with van der Waals surface area (Å²) < 4.78 is 12.1. The van der Waals surface area contributed by atoms with E-state index in [2.05, 4.69) is 18.5 Å². The lowest BCUT2D eigenvalue weighted by molar-refractivity contribution is -0.151. The second-order valence-electron chi connectivity index (χ2n) is 13.3. The molecule has 4 rings (SSSR count). The number of fused-ring (bicyclic) bond motifs is 1. The van der Waals surface area contributed by atoms with Gasteiger partial charge in [0.1, 0.15) is 18.2 Å². The van der Waals surface area contributed by atoms with Gasteiger partial charge in [-0.25, -0.2) is 0 Å². The van der Waals surface area contributed by atoms with E-state index in [0.29, 0.717) is 51.6 Å². The van der Waals surface area contributed by atoms with E-state index in [1.807, 2.05) is 51.1 Å². The van der Waals surface area contributed by atoms with Gasteiger partial charge < -0.3 is 29.7 Å². The molecule has 3 aliphatic rings. The Morgan fingerprint density at radius 3 is 2.56 bits per heavy atom. The predicted molar refractivity (Wildman–Crippen MR) is 170 cm³/mol. The maximum absolute atomic E-state index is 14.4. The van der Waals surface area contributed by atoms with Gasteiger partial charge in [-0.1, -0.05) is 42.5 Å². The summed E-state index contributed by atoms with van der Waals surface area (Å²) in [6, 6.07) is 7.76. The molecule has 2 bridgehead atoms. The topological polar surface area (TPSA) is 125 Å². The van der Waals surface area contributed by atoms with E-state index in [4.69, 9.17) is 9.47 Å². The molecule has 1 aromatic carbocycles. The zero-order chi connectivity index (χ0) is 32.8. The average molecular weight is 624 g/mol. The number of ether oxygens (including phenoxy) is 2. The van der Waals surface area contributed by atoms with Gasteiger partial charge in [-0.3, -0.25) is 19.2 Å². The first kappa shape index (κ1) is 34.4. The van der Waals surface area contributed by atoms with Crippen LogP contribution >= 0.6 is 0 Å². The molecule has 45 heavy (non-hydrogen) atoms. The fraction of sp³-hybridized carbons (Fsp3) is 0.600. The molecular weight excluding hydrogens is 574 g/mol. The third-order valence-corrected chi connectivity index (χ3v) is 9.26. The van der Waals surface area contributed by atoms with Crippen molar-refractivity contribution in [3.8, 4) is 0 Å². The van der Waals surface area contributed by atoms with Gasteiger partial charge in [-0.15, -0.1) is 13.2 Å². The molecule has 3 fully saturated rings. The minimum Gasteiger partial charge on any atom is -0.463 e. The molecule has 0 aliphatic carbocycles. The van der Waals surface area contributed by atoms with Crippen LogP contribution in [0.3, 0.4) is 0 Å². The predicted octanol–water partition coefficient (Wildman–Crippen LogP) is 3.70. The molecule has 3 amide bonds. The van der Waals surface area contributed by atoms with E-state index < -0.39 is 41.2 Å². The maximum atomic E-state index is 14.4. The Balaban J connectivity index is 1.63. The highest BCUT2D eigenvalue weighted by Gasteiger charge is 2.74. The standard InChI is InChI=1S/C35H49N3O7/c1-6-8-17-27(40)44-23-25(24-15-11-9-12-16-24)36-31(41)28-26-18-19-35(45-26)29(28)32(42)37(21-13-10-14-22-39)30(35)33(43)38(20-7-2)34(3,4)5/h6-7,9,11-12,15-16,25-26,28-30,39H,1-2,8,10,13-14,17-23H2,3-5H3,(H,36,41)/t25-,26+,28-,29-,30+,35-/m1/s1.